The predicted molar refractivity (Wildman–Crippen MR) is 98.7 cm³/mol. The van der Waals surface area contributed by atoms with Crippen LogP contribution >= 0.6 is 24.0 Å². The maximum Gasteiger partial charge on any atom is 0.391 e. The number of halogens is 4. The van der Waals surface area contributed by atoms with E-state index in [4.69, 9.17) is 4.42 Å². The molecule has 0 spiro atoms. The summed E-state index contributed by atoms with van der Waals surface area (Å²) < 4.78 is 43.9. The summed E-state index contributed by atoms with van der Waals surface area (Å²) >= 11 is 0. The Morgan fingerprint density at radius 1 is 1.38 bits per heavy atom. The molecule has 0 aliphatic heterocycles. The lowest BCUT2D eigenvalue weighted by Crippen LogP contribution is -2.46. The molecule has 2 atom stereocenters. The second-order valence-corrected chi connectivity index (χ2v) is 5.84. The van der Waals surface area contributed by atoms with Gasteiger partial charge in [0.1, 0.15) is 5.76 Å². The van der Waals surface area contributed by atoms with Gasteiger partial charge in [-0.25, -0.2) is 0 Å². The van der Waals surface area contributed by atoms with Crippen LogP contribution in [-0.2, 0) is 6.42 Å². The first-order valence-electron chi connectivity index (χ1n) is 8.13. The molecule has 2 rings (SSSR count). The molecule has 1 aliphatic carbocycles. The van der Waals surface area contributed by atoms with Gasteiger partial charge >= 0.3 is 6.18 Å². The molecule has 1 aliphatic rings. The third-order valence-electron chi connectivity index (χ3n) is 4.03. The van der Waals surface area contributed by atoms with Gasteiger partial charge in [0.2, 0.25) is 0 Å². The Bertz CT molecular complexity index is 491. The Labute approximate surface area is 157 Å². The molecule has 138 valence electrons. The molecule has 8 heteroatoms. The minimum Gasteiger partial charge on any atom is -0.469 e. The highest BCUT2D eigenvalue weighted by Crippen LogP contribution is 2.37. The summed E-state index contributed by atoms with van der Waals surface area (Å²) in [5.74, 6) is 0.214. The van der Waals surface area contributed by atoms with E-state index in [1.165, 1.54) is 0 Å². The van der Waals surface area contributed by atoms with Crippen LogP contribution in [0.1, 0.15) is 38.4 Å². The Morgan fingerprint density at radius 2 is 2.17 bits per heavy atom. The molecule has 2 unspecified atom stereocenters. The predicted octanol–water partition coefficient (Wildman–Crippen LogP) is 4.12. The van der Waals surface area contributed by atoms with Crippen molar-refractivity contribution in [1.82, 2.24) is 10.6 Å². The Hall–Kier alpha value is -0.930. The van der Waals surface area contributed by atoms with Crippen LogP contribution in [0.4, 0.5) is 13.2 Å². The highest BCUT2D eigenvalue weighted by atomic mass is 127. The number of guanidine groups is 1. The number of nitrogens with one attached hydrogen (secondary N) is 2. The molecule has 0 bridgehead atoms. The van der Waals surface area contributed by atoms with Crippen molar-refractivity contribution in [2.24, 2.45) is 10.9 Å². The zero-order valence-electron chi connectivity index (χ0n) is 13.7. The molecule has 1 aromatic rings. The van der Waals surface area contributed by atoms with Crippen LogP contribution < -0.4 is 10.6 Å². The number of hydrogen-bond donors (Lipinski definition) is 2. The maximum atomic E-state index is 12.9. The summed E-state index contributed by atoms with van der Waals surface area (Å²) in [6.07, 6.45) is -0.140. The van der Waals surface area contributed by atoms with E-state index in [0.29, 0.717) is 31.9 Å². The zero-order valence-corrected chi connectivity index (χ0v) is 16.1. The van der Waals surface area contributed by atoms with Crippen molar-refractivity contribution in [2.75, 3.05) is 13.1 Å². The number of aliphatic imine (C=N–C) groups is 1. The second kappa shape index (κ2) is 10.1. The van der Waals surface area contributed by atoms with Crippen LogP contribution in [0.15, 0.2) is 27.8 Å². The highest BCUT2D eigenvalue weighted by Gasteiger charge is 2.42. The SMILES string of the molecule is CCNC(=NCCc1ccco1)NC1CCCC(C(F)(F)F)C1.I. The summed E-state index contributed by atoms with van der Waals surface area (Å²) in [6, 6.07) is 3.52. The van der Waals surface area contributed by atoms with Crippen molar-refractivity contribution in [3.05, 3.63) is 24.2 Å². The number of furan rings is 1. The topological polar surface area (TPSA) is 49.6 Å². The van der Waals surface area contributed by atoms with E-state index in [0.717, 1.165) is 12.2 Å². The molecule has 1 fully saturated rings. The number of alkyl halides is 3. The van der Waals surface area contributed by atoms with Crippen LogP contribution in [0.25, 0.3) is 0 Å². The first kappa shape index (κ1) is 21.1. The van der Waals surface area contributed by atoms with Crippen molar-refractivity contribution in [3.63, 3.8) is 0 Å². The minimum absolute atomic E-state index is 0. The molecule has 0 amide bonds. The Balaban J connectivity index is 0.00000288. The Morgan fingerprint density at radius 3 is 2.79 bits per heavy atom. The fourth-order valence-electron chi connectivity index (χ4n) is 2.86. The number of hydrogen-bond acceptors (Lipinski definition) is 2. The monoisotopic (exact) mass is 459 g/mol. The van der Waals surface area contributed by atoms with Gasteiger partial charge in [-0.1, -0.05) is 6.42 Å². The average Bonchev–Trinajstić information content (AvgIpc) is 3.00. The molecule has 0 saturated heterocycles. The van der Waals surface area contributed by atoms with E-state index in [1.54, 1.807) is 6.26 Å². The first-order chi connectivity index (χ1) is 11.0. The molecular weight excluding hydrogens is 434 g/mol. The zero-order chi connectivity index (χ0) is 16.7. The van der Waals surface area contributed by atoms with Crippen molar-refractivity contribution in [2.45, 2.75) is 51.2 Å². The van der Waals surface area contributed by atoms with Gasteiger partial charge in [-0.05, 0) is 38.3 Å². The Kier molecular flexibility index (Phi) is 8.93. The normalized spacial score (nSPS) is 21.9. The lowest BCUT2D eigenvalue weighted by atomic mass is 9.85. The van der Waals surface area contributed by atoms with Crippen LogP contribution in [0.5, 0.6) is 0 Å². The van der Waals surface area contributed by atoms with Gasteiger partial charge in [-0.2, -0.15) is 13.2 Å². The van der Waals surface area contributed by atoms with Gasteiger partial charge < -0.3 is 15.1 Å². The third kappa shape index (κ3) is 6.90. The van der Waals surface area contributed by atoms with Gasteiger partial charge in [-0.15, -0.1) is 24.0 Å². The van der Waals surface area contributed by atoms with Gasteiger partial charge in [-0.3, -0.25) is 4.99 Å². The van der Waals surface area contributed by atoms with E-state index < -0.39 is 12.1 Å². The summed E-state index contributed by atoms with van der Waals surface area (Å²) in [6.45, 7) is 3.13. The average molecular weight is 459 g/mol. The highest BCUT2D eigenvalue weighted by molar-refractivity contribution is 14.0. The number of rotatable bonds is 5. The molecule has 0 aromatic carbocycles. The smallest absolute Gasteiger partial charge is 0.391 e. The van der Waals surface area contributed by atoms with E-state index in [2.05, 4.69) is 15.6 Å². The van der Waals surface area contributed by atoms with Crippen LogP contribution in [-0.4, -0.2) is 31.3 Å². The summed E-state index contributed by atoms with van der Waals surface area (Å²) in [4.78, 5) is 4.42. The minimum atomic E-state index is -4.10. The molecule has 1 heterocycles. The molecule has 0 radical (unpaired) electrons. The van der Waals surface area contributed by atoms with E-state index >= 15 is 0 Å². The summed E-state index contributed by atoms with van der Waals surface area (Å²) in [5, 5.41) is 6.24. The van der Waals surface area contributed by atoms with E-state index in [1.807, 2.05) is 19.1 Å². The molecule has 1 aromatic heterocycles. The lowest BCUT2D eigenvalue weighted by molar-refractivity contribution is -0.183. The van der Waals surface area contributed by atoms with Gasteiger partial charge in [0.25, 0.3) is 0 Å². The van der Waals surface area contributed by atoms with Gasteiger partial charge in [0, 0.05) is 25.6 Å². The second-order valence-electron chi connectivity index (χ2n) is 5.84. The third-order valence-corrected chi connectivity index (χ3v) is 4.03. The standard InChI is InChI=1S/C16H24F3N3O.HI/c1-2-20-15(21-9-8-14-7-4-10-23-14)22-13-6-3-5-12(11-13)16(17,18)19;/h4,7,10,12-13H,2-3,5-6,8-9,11H2,1H3,(H2,20,21,22);1H. The molecule has 1 saturated carbocycles. The van der Waals surface area contributed by atoms with E-state index in [-0.39, 0.29) is 42.9 Å². The van der Waals surface area contributed by atoms with Crippen LogP contribution in [0, 0.1) is 5.92 Å². The number of nitrogens with zero attached hydrogens (tertiary/aromatic N) is 1. The molecule has 2 N–H and O–H groups in total. The van der Waals surface area contributed by atoms with Crippen molar-refractivity contribution in [1.29, 1.82) is 0 Å². The first-order valence-corrected chi connectivity index (χ1v) is 8.13. The van der Waals surface area contributed by atoms with E-state index in [9.17, 15) is 13.2 Å². The fourth-order valence-corrected chi connectivity index (χ4v) is 2.86. The summed E-state index contributed by atoms with van der Waals surface area (Å²) in [7, 11) is 0. The van der Waals surface area contributed by atoms with Crippen LogP contribution in [0.2, 0.25) is 0 Å². The van der Waals surface area contributed by atoms with Crippen molar-refractivity contribution < 1.29 is 17.6 Å². The maximum absolute atomic E-state index is 12.9. The largest absolute Gasteiger partial charge is 0.469 e. The fraction of sp³-hybridized carbons (Fsp3) is 0.688. The molecular formula is C16H25F3IN3O. The summed E-state index contributed by atoms with van der Waals surface area (Å²) in [5.41, 5.74) is 0. The van der Waals surface area contributed by atoms with Gasteiger partial charge in [0.15, 0.2) is 5.96 Å². The quantitative estimate of drug-likeness (QED) is 0.396. The van der Waals surface area contributed by atoms with Gasteiger partial charge in [0.05, 0.1) is 12.2 Å². The van der Waals surface area contributed by atoms with Crippen molar-refractivity contribution in [3.8, 4) is 0 Å². The molecule has 24 heavy (non-hydrogen) atoms. The molecule has 4 nitrogen and oxygen atoms in total. The van der Waals surface area contributed by atoms with Crippen LogP contribution in [0.3, 0.4) is 0 Å². The van der Waals surface area contributed by atoms with Crippen molar-refractivity contribution >= 4 is 29.9 Å². The lowest BCUT2D eigenvalue weighted by Gasteiger charge is -2.31.